The fourth-order valence-electron chi connectivity index (χ4n) is 3.25. The number of nitrogens with zero attached hydrogens (tertiary/aromatic N) is 2. The van der Waals surface area contributed by atoms with Crippen molar-refractivity contribution in [2.75, 3.05) is 0 Å². The van der Waals surface area contributed by atoms with Gasteiger partial charge in [-0.05, 0) is 32.6 Å². The minimum atomic E-state index is -0.663. The number of rotatable bonds is 4. The fourth-order valence-corrected chi connectivity index (χ4v) is 3.49. The van der Waals surface area contributed by atoms with Crippen LogP contribution >= 0.6 is 11.6 Å². The van der Waals surface area contributed by atoms with Gasteiger partial charge in [0.2, 0.25) is 0 Å². The van der Waals surface area contributed by atoms with Crippen LogP contribution in [0.1, 0.15) is 41.9 Å². The van der Waals surface area contributed by atoms with Crippen molar-refractivity contribution in [3.05, 3.63) is 46.2 Å². The third kappa shape index (κ3) is 4.15. The molecule has 1 fully saturated rings. The SMILES string of the molecule is Cc1nn(C)c(C(=O)NC2CCC(Oc3cc(F)cc(F)c3)CC2)c1Cl. The lowest BCUT2D eigenvalue weighted by molar-refractivity contribution is 0.0884. The van der Waals surface area contributed by atoms with Crippen LogP contribution in [0.15, 0.2) is 18.2 Å². The molecule has 1 aliphatic carbocycles. The number of aryl methyl sites for hydroxylation is 2. The normalized spacial score (nSPS) is 20.0. The van der Waals surface area contributed by atoms with Gasteiger partial charge in [0.25, 0.3) is 5.91 Å². The molecule has 5 nitrogen and oxygen atoms in total. The number of amides is 1. The summed E-state index contributed by atoms with van der Waals surface area (Å²) in [5, 5.41) is 7.47. The molecule has 0 saturated heterocycles. The largest absolute Gasteiger partial charge is 0.490 e. The van der Waals surface area contributed by atoms with E-state index < -0.39 is 11.6 Å². The molecule has 140 valence electrons. The van der Waals surface area contributed by atoms with E-state index in [0.717, 1.165) is 6.07 Å². The summed E-state index contributed by atoms with van der Waals surface area (Å²) in [6.45, 7) is 1.75. The standard InChI is InChI=1S/C18H20ClF2N3O2/c1-10-16(19)17(24(2)23-10)18(25)22-13-3-5-14(6-4-13)26-15-8-11(20)7-12(21)9-15/h7-9,13-14H,3-6H2,1-2H3,(H,22,25). The van der Waals surface area contributed by atoms with E-state index in [-0.39, 0.29) is 23.8 Å². The maximum absolute atomic E-state index is 13.2. The second-order valence-electron chi connectivity index (χ2n) is 6.54. The van der Waals surface area contributed by atoms with Crippen molar-refractivity contribution in [2.24, 2.45) is 7.05 Å². The molecule has 1 aliphatic rings. The van der Waals surface area contributed by atoms with Gasteiger partial charge in [0, 0.05) is 31.3 Å². The average Bonchev–Trinajstić information content (AvgIpc) is 2.81. The number of hydrogen-bond donors (Lipinski definition) is 1. The second-order valence-corrected chi connectivity index (χ2v) is 6.92. The predicted molar refractivity (Wildman–Crippen MR) is 93.5 cm³/mol. The molecule has 0 spiro atoms. The first-order chi connectivity index (χ1) is 12.3. The fraction of sp³-hybridized carbons (Fsp3) is 0.444. The van der Waals surface area contributed by atoms with E-state index in [0.29, 0.717) is 42.1 Å². The van der Waals surface area contributed by atoms with Gasteiger partial charge in [-0.15, -0.1) is 0 Å². The van der Waals surface area contributed by atoms with E-state index in [9.17, 15) is 13.6 Å². The van der Waals surface area contributed by atoms with Crippen molar-refractivity contribution in [3.8, 4) is 5.75 Å². The average molecular weight is 384 g/mol. The first-order valence-electron chi connectivity index (χ1n) is 8.46. The number of hydrogen-bond acceptors (Lipinski definition) is 3. The van der Waals surface area contributed by atoms with Gasteiger partial charge in [0.05, 0.1) is 16.8 Å². The van der Waals surface area contributed by atoms with E-state index in [4.69, 9.17) is 16.3 Å². The lowest BCUT2D eigenvalue weighted by Crippen LogP contribution is -2.40. The minimum Gasteiger partial charge on any atom is -0.490 e. The first-order valence-corrected chi connectivity index (χ1v) is 8.84. The molecule has 2 aromatic rings. The Hall–Kier alpha value is -2.15. The summed E-state index contributed by atoms with van der Waals surface area (Å²) in [6.07, 6.45) is 2.65. The van der Waals surface area contributed by atoms with Crippen LogP contribution in [0.5, 0.6) is 5.75 Å². The highest BCUT2D eigenvalue weighted by molar-refractivity contribution is 6.34. The summed E-state index contributed by atoms with van der Waals surface area (Å²) in [5.74, 6) is -1.39. The van der Waals surface area contributed by atoms with Crippen LogP contribution in [-0.2, 0) is 7.05 Å². The number of nitrogens with one attached hydrogen (secondary N) is 1. The number of benzene rings is 1. The zero-order valence-corrected chi connectivity index (χ0v) is 15.3. The maximum atomic E-state index is 13.2. The van der Waals surface area contributed by atoms with Gasteiger partial charge in [-0.1, -0.05) is 11.6 Å². The quantitative estimate of drug-likeness (QED) is 0.874. The summed E-state index contributed by atoms with van der Waals surface area (Å²) >= 11 is 6.14. The summed E-state index contributed by atoms with van der Waals surface area (Å²) < 4.78 is 33.6. The van der Waals surface area contributed by atoms with E-state index in [2.05, 4.69) is 10.4 Å². The molecule has 1 saturated carbocycles. The van der Waals surface area contributed by atoms with Crippen molar-refractivity contribution in [2.45, 2.75) is 44.8 Å². The van der Waals surface area contributed by atoms with Gasteiger partial charge in [-0.2, -0.15) is 5.10 Å². The Morgan fingerprint density at radius 3 is 2.38 bits per heavy atom. The molecule has 3 rings (SSSR count). The Morgan fingerprint density at radius 1 is 1.23 bits per heavy atom. The lowest BCUT2D eigenvalue weighted by atomic mass is 9.93. The molecule has 1 heterocycles. The van der Waals surface area contributed by atoms with Crippen LogP contribution in [-0.4, -0.2) is 27.8 Å². The van der Waals surface area contributed by atoms with E-state index in [1.54, 1.807) is 14.0 Å². The highest BCUT2D eigenvalue weighted by atomic mass is 35.5. The Balaban J connectivity index is 1.54. The molecule has 0 aliphatic heterocycles. The van der Waals surface area contributed by atoms with Crippen LogP contribution in [0.2, 0.25) is 5.02 Å². The molecule has 0 atom stereocenters. The summed E-state index contributed by atoms with van der Waals surface area (Å²) in [4.78, 5) is 12.4. The highest BCUT2D eigenvalue weighted by Crippen LogP contribution is 2.26. The molecule has 26 heavy (non-hydrogen) atoms. The zero-order valence-electron chi connectivity index (χ0n) is 14.6. The van der Waals surface area contributed by atoms with Crippen molar-refractivity contribution in [3.63, 3.8) is 0 Å². The van der Waals surface area contributed by atoms with E-state index in [1.165, 1.54) is 16.8 Å². The van der Waals surface area contributed by atoms with Crippen molar-refractivity contribution in [1.29, 1.82) is 0 Å². The molecular weight excluding hydrogens is 364 g/mol. The molecular formula is C18H20ClF2N3O2. The van der Waals surface area contributed by atoms with Gasteiger partial charge >= 0.3 is 0 Å². The lowest BCUT2D eigenvalue weighted by Gasteiger charge is -2.29. The molecule has 1 N–H and O–H groups in total. The predicted octanol–water partition coefficient (Wildman–Crippen LogP) is 3.78. The Kier molecular flexibility index (Phi) is 5.46. The smallest absolute Gasteiger partial charge is 0.271 e. The molecule has 1 amide bonds. The van der Waals surface area contributed by atoms with Gasteiger partial charge < -0.3 is 10.1 Å². The Labute approximate surface area is 155 Å². The molecule has 0 bridgehead atoms. The van der Waals surface area contributed by atoms with Crippen molar-refractivity contribution in [1.82, 2.24) is 15.1 Å². The third-order valence-corrected chi connectivity index (χ3v) is 4.96. The Bertz CT molecular complexity index is 797. The van der Waals surface area contributed by atoms with Gasteiger partial charge in [-0.25, -0.2) is 8.78 Å². The van der Waals surface area contributed by atoms with Crippen molar-refractivity contribution >= 4 is 17.5 Å². The maximum Gasteiger partial charge on any atom is 0.271 e. The molecule has 0 radical (unpaired) electrons. The number of aromatic nitrogens is 2. The highest BCUT2D eigenvalue weighted by Gasteiger charge is 2.26. The Morgan fingerprint density at radius 2 is 1.85 bits per heavy atom. The molecule has 1 aromatic heterocycles. The molecule has 0 unspecified atom stereocenters. The number of halogens is 3. The van der Waals surface area contributed by atoms with Gasteiger partial charge in [0.15, 0.2) is 0 Å². The first kappa shape index (κ1) is 18.6. The van der Waals surface area contributed by atoms with E-state index in [1.807, 2.05) is 0 Å². The second kappa shape index (κ2) is 7.61. The van der Waals surface area contributed by atoms with Crippen LogP contribution in [0, 0.1) is 18.6 Å². The number of carbonyl (C=O) groups is 1. The minimum absolute atomic E-state index is 0.00197. The van der Waals surface area contributed by atoms with Gasteiger partial charge in [-0.3, -0.25) is 9.48 Å². The van der Waals surface area contributed by atoms with Crippen LogP contribution in [0.25, 0.3) is 0 Å². The van der Waals surface area contributed by atoms with Crippen molar-refractivity contribution < 1.29 is 18.3 Å². The summed E-state index contributed by atoms with van der Waals surface area (Å²) in [7, 11) is 1.68. The molecule has 8 heteroatoms. The monoisotopic (exact) mass is 383 g/mol. The third-order valence-electron chi connectivity index (χ3n) is 4.51. The van der Waals surface area contributed by atoms with Gasteiger partial charge in [0.1, 0.15) is 23.1 Å². The number of ether oxygens (including phenoxy) is 1. The molecule has 1 aromatic carbocycles. The van der Waals surface area contributed by atoms with E-state index >= 15 is 0 Å². The van der Waals surface area contributed by atoms with Crippen LogP contribution in [0.3, 0.4) is 0 Å². The van der Waals surface area contributed by atoms with Crippen LogP contribution in [0.4, 0.5) is 8.78 Å². The summed E-state index contributed by atoms with van der Waals surface area (Å²) in [6, 6.07) is 3.15. The van der Waals surface area contributed by atoms with Crippen LogP contribution < -0.4 is 10.1 Å². The zero-order chi connectivity index (χ0) is 18.8. The number of carbonyl (C=O) groups excluding carboxylic acids is 1. The summed E-state index contributed by atoms with van der Waals surface area (Å²) in [5.41, 5.74) is 0.955. The topological polar surface area (TPSA) is 56.2 Å².